The molecule has 128 valence electrons. The normalized spacial score (nSPS) is 13.2. The van der Waals surface area contributed by atoms with Gasteiger partial charge in [-0.2, -0.15) is 31.3 Å². The predicted octanol–water partition coefficient (Wildman–Crippen LogP) is 5.10. The van der Waals surface area contributed by atoms with E-state index in [1.165, 1.54) is 0 Å². The second kappa shape index (κ2) is 9.04. The van der Waals surface area contributed by atoms with Crippen LogP contribution < -0.4 is 0 Å². The fourth-order valence-corrected chi connectivity index (χ4v) is 1.61. The van der Waals surface area contributed by atoms with Gasteiger partial charge in [-0.05, 0) is 12.6 Å². The standard InChI is InChI=1S/C12H19BF6N2O/c1-3-5-7-13(8-6-4-2)22-10(12(17,18)19)21-9(20)11(14,15)16/h20H,3-8H2,1-2H3. The number of rotatable bonds is 7. The zero-order valence-corrected chi connectivity index (χ0v) is 12.4. The summed E-state index contributed by atoms with van der Waals surface area (Å²) in [7, 11) is 0. The third kappa shape index (κ3) is 8.28. The van der Waals surface area contributed by atoms with E-state index in [1.807, 2.05) is 13.8 Å². The summed E-state index contributed by atoms with van der Waals surface area (Å²) in [5.41, 5.74) is 0. The van der Waals surface area contributed by atoms with Gasteiger partial charge in [-0.3, -0.25) is 5.41 Å². The fraction of sp³-hybridized carbons (Fsp3) is 0.833. The Labute approximate surface area is 125 Å². The van der Waals surface area contributed by atoms with Gasteiger partial charge in [-0.15, -0.1) is 0 Å². The molecule has 0 atom stereocenters. The first-order valence-electron chi connectivity index (χ1n) is 7.00. The molecule has 0 aromatic heterocycles. The molecule has 0 aromatic carbocycles. The first kappa shape index (κ1) is 20.8. The van der Waals surface area contributed by atoms with Crippen molar-refractivity contribution in [2.24, 2.45) is 4.99 Å². The molecule has 0 aliphatic carbocycles. The van der Waals surface area contributed by atoms with Crippen molar-refractivity contribution in [2.45, 2.75) is 64.5 Å². The quantitative estimate of drug-likeness (QED) is 0.300. The van der Waals surface area contributed by atoms with E-state index < -0.39 is 31.0 Å². The Morgan fingerprint density at radius 2 is 1.41 bits per heavy atom. The predicted molar refractivity (Wildman–Crippen MR) is 73.5 cm³/mol. The third-order valence-electron chi connectivity index (χ3n) is 2.76. The molecule has 3 nitrogen and oxygen atoms in total. The summed E-state index contributed by atoms with van der Waals surface area (Å²) < 4.78 is 79.5. The number of hydrogen-bond acceptors (Lipinski definition) is 2. The zero-order valence-electron chi connectivity index (χ0n) is 12.4. The van der Waals surface area contributed by atoms with Crippen LogP contribution in [0.4, 0.5) is 26.3 Å². The van der Waals surface area contributed by atoms with Gasteiger partial charge in [0.15, 0.2) is 0 Å². The minimum absolute atomic E-state index is 0.297. The lowest BCUT2D eigenvalue weighted by Gasteiger charge is -2.19. The summed E-state index contributed by atoms with van der Waals surface area (Å²) in [4.78, 5) is 2.30. The SMILES string of the molecule is CCCCB(CCCC)OC(=NC(=N)C(F)(F)F)C(F)(F)F. The van der Waals surface area contributed by atoms with Gasteiger partial charge in [0.25, 0.3) is 5.90 Å². The van der Waals surface area contributed by atoms with Crippen molar-refractivity contribution in [3.8, 4) is 0 Å². The van der Waals surface area contributed by atoms with Gasteiger partial charge >= 0.3 is 19.3 Å². The molecule has 1 N–H and O–H groups in total. The lowest BCUT2D eigenvalue weighted by Crippen LogP contribution is -2.35. The van der Waals surface area contributed by atoms with Gasteiger partial charge in [0.05, 0.1) is 0 Å². The molecule has 0 rings (SSSR count). The van der Waals surface area contributed by atoms with Crippen molar-refractivity contribution in [1.29, 1.82) is 5.41 Å². The van der Waals surface area contributed by atoms with E-state index in [1.54, 1.807) is 0 Å². The maximum Gasteiger partial charge on any atom is 0.466 e. The molecule has 0 aliphatic heterocycles. The molecule has 0 aromatic rings. The average Bonchev–Trinajstić information content (AvgIpc) is 2.38. The van der Waals surface area contributed by atoms with Crippen molar-refractivity contribution in [1.82, 2.24) is 0 Å². The highest BCUT2D eigenvalue weighted by Gasteiger charge is 2.43. The maximum absolute atomic E-state index is 12.8. The Kier molecular flexibility index (Phi) is 8.54. The van der Waals surface area contributed by atoms with E-state index in [4.69, 9.17) is 5.41 Å². The van der Waals surface area contributed by atoms with Crippen molar-refractivity contribution in [3.05, 3.63) is 0 Å². The van der Waals surface area contributed by atoms with Gasteiger partial charge in [0.1, 0.15) is 0 Å². The highest BCUT2D eigenvalue weighted by atomic mass is 19.4. The van der Waals surface area contributed by atoms with Gasteiger partial charge in [-0.25, -0.2) is 0 Å². The van der Waals surface area contributed by atoms with Crippen LogP contribution in [0.2, 0.25) is 12.6 Å². The molecule has 0 bridgehead atoms. The van der Waals surface area contributed by atoms with E-state index in [0.29, 0.717) is 25.5 Å². The van der Waals surface area contributed by atoms with Crippen molar-refractivity contribution in [3.63, 3.8) is 0 Å². The molecule has 0 spiro atoms. The van der Waals surface area contributed by atoms with Crippen LogP contribution in [0.25, 0.3) is 0 Å². The van der Waals surface area contributed by atoms with Crippen molar-refractivity contribution < 1.29 is 31.0 Å². The topological polar surface area (TPSA) is 45.4 Å². The minimum atomic E-state index is -5.25. The second-order valence-electron chi connectivity index (χ2n) is 4.79. The van der Waals surface area contributed by atoms with Crippen molar-refractivity contribution >= 4 is 18.6 Å². The van der Waals surface area contributed by atoms with Gasteiger partial charge < -0.3 is 4.65 Å². The summed E-state index contributed by atoms with van der Waals surface area (Å²) in [6.45, 7) is 2.82. The van der Waals surface area contributed by atoms with E-state index in [2.05, 4.69) is 9.65 Å². The lowest BCUT2D eigenvalue weighted by atomic mass is 9.59. The molecule has 0 amide bonds. The summed E-state index contributed by atoms with van der Waals surface area (Å²) >= 11 is 0. The number of hydrogen-bond donors (Lipinski definition) is 1. The van der Waals surface area contributed by atoms with Crippen LogP contribution in [-0.4, -0.2) is 31.0 Å². The van der Waals surface area contributed by atoms with Gasteiger partial charge in [-0.1, -0.05) is 39.5 Å². The molecule has 0 heterocycles. The van der Waals surface area contributed by atoms with Crippen LogP contribution in [0.3, 0.4) is 0 Å². The molecule has 0 aliphatic rings. The fourth-order valence-electron chi connectivity index (χ4n) is 1.61. The average molecular weight is 332 g/mol. The Hall–Kier alpha value is -1.22. The monoisotopic (exact) mass is 332 g/mol. The molecule has 0 radical (unpaired) electrons. The van der Waals surface area contributed by atoms with Crippen LogP contribution in [-0.2, 0) is 4.65 Å². The van der Waals surface area contributed by atoms with E-state index >= 15 is 0 Å². The number of nitrogens with zero attached hydrogens (tertiary/aromatic N) is 1. The largest absolute Gasteiger partial charge is 0.544 e. The van der Waals surface area contributed by atoms with E-state index in [-0.39, 0.29) is 0 Å². The molecule has 10 heteroatoms. The third-order valence-corrected chi connectivity index (χ3v) is 2.76. The number of halogens is 6. The lowest BCUT2D eigenvalue weighted by molar-refractivity contribution is -0.0726. The van der Waals surface area contributed by atoms with Gasteiger partial charge in [0.2, 0.25) is 5.84 Å². The highest BCUT2D eigenvalue weighted by molar-refractivity contribution is 6.54. The first-order chi connectivity index (χ1) is 10.0. The Morgan fingerprint density at radius 3 is 1.73 bits per heavy atom. The number of amidine groups is 1. The summed E-state index contributed by atoms with van der Waals surface area (Å²) in [6.07, 6.45) is -7.19. The summed E-state index contributed by atoms with van der Waals surface area (Å²) in [5.74, 6) is -4.34. The molecule has 0 unspecified atom stereocenters. The molecule has 22 heavy (non-hydrogen) atoms. The van der Waals surface area contributed by atoms with Crippen LogP contribution >= 0.6 is 0 Å². The Morgan fingerprint density at radius 1 is 0.955 bits per heavy atom. The molecular weight excluding hydrogens is 313 g/mol. The van der Waals surface area contributed by atoms with Crippen LogP contribution in [0.1, 0.15) is 39.5 Å². The number of nitrogens with one attached hydrogen (secondary N) is 1. The van der Waals surface area contributed by atoms with Crippen LogP contribution in [0.5, 0.6) is 0 Å². The highest BCUT2D eigenvalue weighted by Crippen LogP contribution is 2.24. The summed E-state index contributed by atoms with van der Waals surface area (Å²) in [6, 6.07) is 0. The van der Waals surface area contributed by atoms with Crippen LogP contribution in [0.15, 0.2) is 4.99 Å². The molecule has 0 saturated heterocycles. The number of alkyl halides is 6. The molecule has 0 saturated carbocycles. The molecular formula is C12H19BF6N2O. The summed E-state index contributed by atoms with van der Waals surface area (Å²) in [5, 5.41) is 6.58. The maximum atomic E-state index is 12.8. The van der Waals surface area contributed by atoms with E-state index in [9.17, 15) is 26.3 Å². The first-order valence-corrected chi connectivity index (χ1v) is 7.00. The van der Waals surface area contributed by atoms with E-state index in [0.717, 1.165) is 12.8 Å². The minimum Gasteiger partial charge on any atom is -0.544 e. The molecule has 0 fully saturated rings. The van der Waals surface area contributed by atoms with Crippen LogP contribution in [0, 0.1) is 5.41 Å². The number of aliphatic imine (C=N–C) groups is 1. The number of unbranched alkanes of at least 4 members (excludes halogenated alkanes) is 2. The smallest absolute Gasteiger partial charge is 0.466 e. The Balaban J connectivity index is 5.16. The van der Waals surface area contributed by atoms with Crippen molar-refractivity contribution in [2.75, 3.05) is 0 Å². The zero-order chi connectivity index (χ0) is 17.4. The Bertz CT molecular complexity index is 373. The second-order valence-corrected chi connectivity index (χ2v) is 4.79. The van der Waals surface area contributed by atoms with Gasteiger partial charge in [0, 0.05) is 0 Å².